The molecule has 0 unspecified atom stereocenters. The van der Waals surface area contributed by atoms with Crippen molar-refractivity contribution in [3.8, 4) is 0 Å². The van der Waals surface area contributed by atoms with Gasteiger partial charge in [0, 0.05) is 0 Å². The number of carbonyl (C=O) groups is 1. The zero-order valence-corrected chi connectivity index (χ0v) is 15.3. The van der Waals surface area contributed by atoms with Gasteiger partial charge in [-0.1, -0.05) is 66.4 Å². The van der Waals surface area contributed by atoms with Gasteiger partial charge in [-0.25, -0.2) is 0 Å². The van der Waals surface area contributed by atoms with Crippen LogP contribution in [0.1, 0.15) is 0 Å². The highest BCUT2D eigenvalue weighted by Crippen LogP contribution is 2.55. The van der Waals surface area contributed by atoms with E-state index in [4.69, 9.17) is 0 Å². The van der Waals surface area contributed by atoms with Gasteiger partial charge in [-0.05, 0) is 42.7 Å². The first-order valence-corrected chi connectivity index (χ1v) is 11.1. The molecule has 0 aliphatic rings. The monoisotopic (exact) mass is 351 g/mol. The van der Waals surface area contributed by atoms with Crippen molar-refractivity contribution in [1.82, 2.24) is 0 Å². The van der Waals surface area contributed by atoms with Crippen molar-refractivity contribution in [3.63, 3.8) is 0 Å². The zero-order chi connectivity index (χ0) is 16.8. The van der Waals surface area contributed by atoms with E-state index < -0.39 is 7.26 Å². The molecule has 0 bridgehead atoms. The van der Waals surface area contributed by atoms with Crippen LogP contribution in [0.3, 0.4) is 0 Å². The third-order valence-electron chi connectivity index (χ3n) is 4.18. The highest BCUT2D eigenvalue weighted by atomic mass is 32.2. The lowest BCUT2D eigenvalue weighted by Gasteiger charge is -2.26. The minimum atomic E-state index is -2.00. The molecule has 1 nitrogen and oxygen atoms in total. The summed E-state index contributed by atoms with van der Waals surface area (Å²) in [4.78, 5) is 12.5. The molecule has 3 heteroatoms. The molecular weight excluding hydrogens is 331 g/mol. The first-order chi connectivity index (χ1) is 11.8. The molecule has 0 atom stereocenters. The van der Waals surface area contributed by atoms with E-state index in [1.54, 1.807) is 0 Å². The van der Waals surface area contributed by atoms with E-state index in [0.29, 0.717) is 6.16 Å². The summed E-state index contributed by atoms with van der Waals surface area (Å²) < 4.78 is 0. The average molecular weight is 351 g/mol. The van der Waals surface area contributed by atoms with Crippen LogP contribution < -0.4 is 15.9 Å². The topological polar surface area (TPSA) is 17.1 Å². The Bertz CT molecular complexity index is 691. The molecule has 3 aromatic rings. The van der Waals surface area contributed by atoms with Gasteiger partial charge in [0.1, 0.15) is 29.3 Å². The molecule has 0 aromatic heterocycles. The first-order valence-electron chi connectivity index (χ1n) is 7.89. The van der Waals surface area contributed by atoms with Gasteiger partial charge in [-0.3, -0.25) is 4.79 Å². The van der Waals surface area contributed by atoms with Crippen LogP contribution >= 0.6 is 19.0 Å². The average Bonchev–Trinajstić information content (AvgIpc) is 2.68. The molecule has 0 radical (unpaired) electrons. The van der Waals surface area contributed by atoms with Crippen LogP contribution in [0.2, 0.25) is 0 Å². The summed E-state index contributed by atoms with van der Waals surface area (Å²) in [6, 6.07) is 31.5. The molecule has 0 aliphatic carbocycles. The Morgan fingerprint density at radius 3 is 1.33 bits per heavy atom. The molecule has 3 aromatic carbocycles. The Hall–Kier alpha value is -1.89. The SMILES string of the molecule is CSC(=O)C[P+](c1ccccc1)(c1ccccc1)c1ccccc1. The van der Waals surface area contributed by atoms with E-state index in [-0.39, 0.29) is 5.12 Å². The maximum atomic E-state index is 12.5. The molecule has 0 N–H and O–H groups in total. The number of benzene rings is 3. The smallest absolute Gasteiger partial charge is 0.226 e. The Kier molecular flexibility index (Phi) is 5.50. The van der Waals surface area contributed by atoms with Crippen molar-refractivity contribution in [2.45, 2.75) is 0 Å². The fourth-order valence-corrected chi connectivity index (χ4v) is 8.00. The Morgan fingerprint density at radius 2 is 1.04 bits per heavy atom. The quantitative estimate of drug-likeness (QED) is 0.649. The Balaban J connectivity index is 2.30. The predicted octanol–water partition coefficient (Wildman–Crippen LogP) is 3.87. The van der Waals surface area contributed by atoms with E-state index in [2.05, 4.69) is 72.8 Å². The highest BCUT2D eigenvalue weighted by Gasteiger charge is 2.46. The maximum Gasteiger partial charge on any atom is 0.226 e. The number of thioether (sulfide) groups is 1. The first kappa shape index (κ1) is 17.0. The van der Waals surface area contributed by atoms with Gasteiger partial charge in [0.25, 0.3) is 0 Å². The molecule has 3 rings (SSSR count). The third-order valence-corrected chi connectivity index (χ3v) is 9.30. The molecule has 24 heavy (non-hydrogen) atoms. The van der Waals surface area contributed by atoms with Crippen LogP contribution in [0.25, 0.3) is 0 Å². The lowest BCUT2D eigenvalue weighted by molar-refractivity contribution is -0.108. The Morgan fingerprint density at radius 1 is 0.708 bits per heavy atom. The normalized spacial score (nSPS) is 11.2. The Labute approximate surface area is 148 Å². The lowest BCUT2D eigenvalue weighted by atomic mass is 10.4. The lowest BCUT2D eigenvalue weighted by Crippen LogP contribution is -2.35. The van der Waals surface area contributed by atoms with Gasteiger partial charge in [-0.15, -0.1) is 0 Å². The minimum Gasteiger partial charge on any atom is -0.283 e. The van der Waals surface area contributed by atoms with Gasteiger partial charge in [0.15, 0.2) is 0 Å². The minimum absolute atomic E-state index is 0.236. The summed E-state index contributed by atoms with van der Waals surface area (Å²) in [5.41, 5.74) is 0. The molecule has 0 aliphatic heterocycles. The molecule has 0 fully saturated rings. The molecule has 0 heterocycles. The van der Waals surface area contributed by atoms with E-state index in [9.17, 15) is 4.79 Å². The van der Waals surface area contributed by atoms with Crippen molar-refractivity contribution >= 4 is 40.1 Å². The van der Waals surface area contributed by atoms with Gasteiger partial charge >= 0.3 is 0 Å². The second-order valence-corrected chi connectivity index (χ2v) is 9.90. The van der Waals surface area contributed by atoms with Crippen LogP contribution in [0, 0.1) is 0 Å². The van der Waals surface area contributed by atoms with E-state index in [0.717, 1.165) is 0 Å². The van der Waals surface area contributed by atoms with Gasteiger partial charge in [0.05, 0.1) is 0 Å². The summed E-state index contributed by atoms with van der Waals surface area (Å²) in [5, 5.41) is 4.00. The van der Waals surface area contributed by atoms with Crippen molar-refractivity contribution in [3.05, 3.63) is 91.0 Å². The fourth-order valence-electron chi connectivity index (χ4n) is 3.03. The second kappa shape index (κ2) is 7.79. The number of hydrogen-bond acceptors (Lipinski definition) is 2. The standard InChI is InChI=1S/C21H20OPS/c1-24-21(22)17-23(18-11-5-2-6-12-18,19-13-7-3-8-14-19)20-15-9-4-10-16-20/h2-16H,17H2,1H3/q+1. The van der Waals surface area contributed by atoms with Crippen molar-refractivity contribution in [2.24, 2.45) is 0 Å². The van der Waals surface area contributed by atoms with Crippen molar-refractivity contribution in [2.75, 3.05) is 12.4 Å². The van der Waals surface area contributed by atoms with E-state index in [1.807, 2.05) is 24.5 Å². The summed E-state index contributed by atoms with van der Waals surface area (Å²) in [6.07, 6.45) is 2.42. The molecule has 120 valence electrons. The summed E-state index contributed by atoms with van der Waals surface area (Å²) >= 11 is 1.32. The fraction of sp³-hybridized carbons (Fsp3) is 0.0952. The summed E-state index contributed by atoms with van der Waals surface area (Å²) in [7, 11) is -2.00. The molecule has 0 saturated heterocycles. The maximum absolute atomic E-state index is 12.5. The predicted molar refractivity (Wildman–Crippen MR) is 109 cm³/mol. The van der Waals surface area contributed by atoms with Crippen LogP contribution in [0.15, 0.2) is 91.0 Å². The van der Waals surface area contributed by atoms with Gasteiger partial charge in [-0.2, -0.15) is 0 Å². The van der Waals surface area contributed by atoms with Crippen LogP contribution in [-0.2, 0) is 4.79 Å². The van der Waals surface area contributed by atoms with Crippen LogP contribution in [-0.4, -0.2) is 17.5 Å². The van der Waals surface area contributed by atoms with Gasteiger partial charge in [0.2, 0.25) is 5.12 Å². The molecule has 0 spiro atoms. The largest absolute Gasteiger partial charge is 0.283 e. The second-order valence-electron chi connectivity index (χ2n) is 5.55. The zero-order valence-electron chi connectivity index (χ0n) is 13.6. The summed E-state index contributed by atoms with van der Waals surface area (Å²) in [5.74, 6) is 0. The number of rotatable bonds is 5. The van der Waals surface area contributed by atoms with Crippen LogP contribution in [0.4, 0.5) is 0 Å². The van der Waals surface area contributed by atoms with Crippen LogP contribution in [0.5, 0.6) is 0 Å². The molecule has 0 saturated carbocycles. The molecule has 0 amide bonds. The van der Waals surface area contributed by atoms with Gasteiger partial charge < -0.3 is 0 Å². The van der Waals surface area contributed by atoms with E-state index in [1.165, 1.54) is 27.7 Å². The molecular formula is C21H20OPS+. The highest BCUT2D eigenvalue weighted by molar-refractivity contribution is 8.14. The van der Waals surface area contributed by atoms with Crippen molar-refractivity contribution in [1.29, 1.82) is 0 Å². The summed E-state index contributed by atoms with van der Waals surface area (Å²) in [6.45, 7) is 0. The van der Waals surface area contributed by atoms with Crippen molar-refractivity contribution < 1.29 is 4.79 Å². The third kappa shape index (κ3) is 3.31. The number of carbonyl (C=O) groups excluding carboxylic acids is 1. The number of hydrogen-bond donors (Lipinski definition) is 0. The van der Waals surface area contributed by atoms with E-state index >= 15 is 0 Å².